The minimum atomic E-state index is -0.282. The van der Waals surface area contributed by atoms with Crippen LogP contribution in [0.1, 0.15) is 91.9 Å². The van der Waals surface area contributed by atoms with Gasteiger partial charge in [0, 0.05) is 12.3 Å². The Kier molecular flexibility index (Phi) is 4.58. The van der Waals surface area contributed by atoms with Gasteiger partial charge in [0.15, 0.2) is 5.79 Å². The Morgan fingerprint density at radius 3 is 2.40 bits per heavy atom. The summed E-state index contributed by atoms with van der Waals surface area (Å²) in [4.78, 5) is 0. The Hall–Kier alpha value is -0.120. The van der Waals surface area contributed by atoms with Gasteiger partial charge in [0.05, 0.1) is 18.8 Å². The highest BCUT2D eigenvalue weighted by Crippen LogP contribution is 2.71. The number of ether oxygens (including phenoxy) is 2. The maximum absolute atomic E-state index is 10.3. The van der Waals surface area contributed by atoms with Gasteiger partial charge < -0.3 is 14.6 Å². The van der Waals surface area contributed by atoms with E-state index in [1.807, 2.05) is 0 Å². The molecule has 170 valence electrons. The molecule has 3 heteroatoms. The summed E-state index contributed by atoms with van der Waals surface area (Å²) in [5, 5.41) is 10.3. The highest BCUT2D eigenvalue weighted by Gasteiger charge is 2.69. The first-order valence-electron chi connectivity index (χ1n) is 13.3. The van der Waals surface area contributed by atoms with E-state index in [9.17, 15) is 5.11 Å². The molecule has 2 saturated heterocycles. The van der Waals surface area contributed by atoms with Crippen LogP contribution in [-0.2, 0) is 9.47 Å². The van der Waals surface area contributed by atoms with E-state index >= 15 is 0 Å². The average Bonchev–Trinajstić information content (AvgIpc) is 3.16. The zero-order valence-corrected chi connectivity index (χ0v) is 19.7. The van der Waals surface area contributed by atoms with Gasteiger partial charge >= 0.3 is 0 Å². The van der Waals surface area contributed by atoms with Crippen LogP contribution in [0.15, 0.2) is 0 Å². The van der Waals surface area contributed by atoms with Crippen molar-refractivity contribution in [1.29, 1.82) is 0 Å². The fourth-order valence-electron chi connectivity index (χ4n) is 10.3. The van der Waals surface area contributed by atoms with Gasteiger partial charge in [0.25, 0.3) is 0 Å². The van der Waals surface area contributed by atoms with Crippen LogP contribution in [0.3, 0.4) is 0 Å². The minimum Gasteiger partial charge on any atom is -0.393 e. The number of fused-ring (bicyclic) bond motifs is 7. The normalized spacial score (nSPS) is 62.5. The number of aliphatic hydroxyl groups excluding tert-OH is 1. The number of hydrogen-bond acceptors (Lipinski definition) is 3. The number of rotatable bonds is 0. The highest BCUT2D eigenvalue weighted by molar-refractivity contribution is 5.15. The molecule has 1 N–H and O–H groups in total. The molecule has 0 aromatic heterocycles. The van der Waals surface area contributed by atoms with E-state index in [1.54, 1.807) is 0 Å². The standard InChI is InChI=1S/C27H44O3/c1-16-7-12-27(29-15-16)17(2)24-23(30-27)14-22-20-6-5-18-13-19(28)8-10-25(18,3)21(20)9-11-26(22,24)4/h16-24,28H,5-15H2,1-4H3/t16-,17+,18-,19-,20+,21-,22-,23+,24+,25-,26+,27-/m1/s1. The Morgan fingerprint density at radius 1 is 0.833 bits per heavy atom. The topological polar surface area (TPSA) is 38.7 Å². The second-order valence-electron chi connectivity index (χ2n) is 13.1. The Labute approximate surface area is 183 Å². The Balaban J connectivity index is 1.26. The molecule has 0 bridgehead atoms. The van der Waals surface area contributed by atoms with Crippen LogP contribution in [0.25, 0.3) is 0 Å². The molecular weight excluding hydrogens is 372 g/mol. The Morgan fingerprint density at radius 2 is 1.63 bits per heavy atom. The quantitative estimate of drug-likeness (QED) is 0.543. The molecule has 6 fully saturated rings. The van der Waals surface area contributed by atoms with Crippen LogP contribution in [0, 0.1) is 52.3 Å². The van der Waals surface area contributed by atoms with Gasteiger partial charge in [0.1, 0.15) is 0 Å². The van der Waals surface area contributed by atoms with E-state index in [-0.39, 0.29) is 11.9 Å². The van der Waals surface area contributed by atoms with Crippen LogP contribution < -0.4 is 0 Å². The van der Waals surface area contributed by atoms with Gasteiger partial charge in [0.2, 0.25) is 0 Å². The molecule has 0 aromatic rings. The lowest BCUT2D eigenvalue weighted by molar-refractivity contribution is -0.273. The fraction of sp³-hybridized carbons (Fsp3) is 1.00. The van der Waals surface area contributed by atoms with Gasteiger partial charge in [-0.25, -0.2) is 0 Å². The van der Waals surface area contributed by atoms with Crippen LogP contribution in [-0.4, -0.2) is 29.7 Å². The summed E-state index contributed by atoms with van der Waals surface area (Å²) in [6.45, 7) is 10.9. The van der Waals surface area contributed by atoms with Gasteiger partial charge in [-0.3, -0.25) is 0 Å². The number of aliphatic hydroxyl groups is 1. The molecule has 30 heavy (non-hydrogen) atoms. The van der Waals surface area contributed by atoms with Gasteiger partial charge in [-0.15, -0.1) is 0 Å². The largest absolute Gasteiger partial charge is 0.393 e. The van der Waals surface area contributed by atoms with Gasteiger partial charge in [-0.2, -0.15) is 0 Å². The summed E-state index contributed by atoms with van der Waals surface area (Å²) in [7, 11) is 0. The van der Waals surface area contributed by atoms with E-state index in [2.05, 4.69) is 27.7 Å². The third-order valence-corrected chi connectivity index (χ3v) is 11.9. The summed E-state index contributed by atoms with van der Waals surface area (Å²) in [6.07, 6.45) is 12.9. The van der Waals surface area contributed by atoms with Crippen molar-refractivity contribution in [3.8, 4) is 0 Å². The van der Waals surface area contributed by atoms with E-state index in [0.29, 0.717) is 34.7 Å². The summed E-state index contributed by atoms with van der Waals surface area (Å²) in [5.74, 6) is 4.93. The van der Waals surface area contributed by atoms with Crippen molar-refractivity contribution in [2.24, 2.45) is 52.3 Å². The van der Waals surface area contributed by atoms with Gasteiger partial charge in [-0.05, 0) is 104 Å². The molecule has 6 aliphatic rings. The first-order valence-corrected chi connectivity index (χ1v) is 13.3. The highest BCUT2D eigenvalue weighted by atomic mass is 16.7. The zero-order valence-electron chi connectivity index (χ0n) is 19.7. The van der Waals surface area contributed by atoms with Crippen molar-refractivity contribution in [1.82, 2.24) is 0 Å². The maximum Gasteiger partial charge on any atom is 0.171 e. The first kappa shape index (κ1) is 20.5. The second kappa shape index (κ2) is 6.70. The van der Waals surface area contributed by atoms with Gasteiger partial charge in [-0.1, -0.05) is 27.7 Å². The lowest BCUT2D eigenvalue weighted by Crippen LogP contribution is -2.55. The van der Waals surface area contributed by atoms with Crippen molar-refractivity contribution < 1.29 is 14.6 Å². The van der Waals surface area contributed by atoms with Crippen LogP contribution in [0.5, 0.6) is 0 Å². The lowest BCUT2D eigenvalue weighted by atomic mass is 9.44. The third kappa shape index (κ3) is 2.61. The van der Waals surface area contributed by atoms with Crippen molar-refractivity contribution >= 4 is 0 Å². The number of hydrogen-bond donors (Lipinski definition) is 1. The molecule has 2 aliphatic heterocycles. The van der Waals surface area contributed by atoms with E-state index in [4.69, 9.17) is 9.47 Å². The van der Waals surface area contributed by atoms with Crippen LogP contribution >= 0.6 is 0 Å². The monoisotopic (exact) mass is 416 g/mol. The molecule has 0 radical (unpaired) electrons. The fourth-order valence-corrected chi connectivity index (χ4v) is 10.3. The van der Waals surface area contributed by atoms with Crippen molar-refractivity contribution in [3.63, 3.8) is 0 Å². The predicted molar refractivity (Wildman–Crippen MR) is 118 cm³/mol. The predicted octanol–water partition coefficient (Wildman–Crippen LogP) is 5.79. The first-order chi connectivity index (χ1) is 14.3. The summed E-state index contributed by atoms with van der Waals surface area (Å²) < 4.78 is 13.4. The molecule has 0 aromatic carbocycles. The van der Waals surface area contributed by atoms with Crippen molar-refractivity contribution in [2.45, 2.75) is 110 Å². The Bertz CT molecular complexity index is 684. The summed E-state index contributed by atoms with van der Waals surface area (Å²) in [5.41, 5.74) is 0.899. The minimum absolute atomic E-state index is 0.0389. The van der Waals surface area contributed by atoms with Crippen molar-refractivity contribution in [3.05, 3.63) is 0 Å². The average molecular weight is 417 g/mol. The molecule has 1 spiro atoms. The van der Waals surface area contributed by atoms with Crippen LogP contribution in [0.4, 0.5) is 0 Å². The molecule has 0 amide bonds. The smallest absolute Gasteiger partial charge is 0.171 e. The second-order valence-corrected chi connectivity index (χ2v) is 13.1. The molecular formula is C27H44O3. The van der Waals surface area contributed by atoms with Crippen LogP contribution in [0.2, 0.25) is 0 Å². The maximum atomic E-state index is 10.3. The zero-order chi connectivity index (χ0) is 20.9. The van der Waals surface area contributed by atoms with E-state index in [0.717, 1.165) is 49.5 Å². The van der Waals surface area contributed by atoms with E-state index < -0.39 is 0 Å². The SMILES string of the molecule is C[C@@H]1CC[C@@]2(OC1)O[C@H]1C[C@@H]3[C@H]4CC[C@@H]5C[C@H](O)CC[C@@]5(C)[C@@H]4CC[C@]3(C)[C@H]1[C@@H]2C. The molecule has 2 heterocycles. The molecule has 6 rings (SSSR count). The van der Waals surface area contributed by atoms with E-state index in [1.165, 1.54) is 44.9 Å². The summed E-state index contributed by atoms with van der Waals surface area (Å²) >= 11 is 0. The molecule has 4 aliphatic carbocycles. The molecule has 3 nitrogen and oxygen atoms in total. The molecule has 4 saturated carbocycles. The molecule has 0 unspecified atom stereocenters. The lowest BCUT2D eigenvalue weighted by Gasteiger charge is -2.61. The van der Waals surface area contributed by atoms with Crippen molar-refractivity contribution in [2.75, 3.05) is 6.61 Å². The summed E-state index contributed by atoms with van der Waals surface area (Å²) in [6, 6.07) is 0. The molecule has 12 atom stereocenters. The third-order valence-electron chi connectivity index (χ3n) is 11.9.